The lowest BCUT2D eigenvalue weighted by atomic mass is 10.1. The minimum absolute atomic E-state index is 0.0290. The van der Waals surface area contributed by atoms with Crippen molar-refractivity contribution >= 4 is 45.9 Å². The highest BCUT2D eigenvalue weighted by molar-refractivity contribution is 9.10. The van der Waals surface area contributed by atoms with Crippen LogP contribution in [0.25, 0.3) is 0 Å². The van der Waals surface area contributed by atoms with Gasteiger partial charge in [0.2, 0.25) is 0 Å². The van der Waals surface area contributed by atoms with Crippen molar-refractivity contribution in [2.45, 2.75) is 11.3 Å². The van der Waals surface area contributed by atoms with Crippen LogP contribution in [0.1, 0.15) is 16.8 Å². The first-order valence-electron chi connectivity index (χ1n) is 3.73. The van der Waals surface area contributed by atoms with Crippen LogP contribution >= 0.6 is 40.2 Å². The van der Waals surface area contributed by atoms with E-state index in [9.17, 15) is 4.79 Å². The molecule has 1 rings (SSSR count). The highest BCUT2D eigenvalue weighted by Gasteiger charge is 2.10. The topological polar surface area (TPSA) is 17.1 Å². The molecule has 0 aliphatic heterocycles. The molecule has 70 valence electrons. The molecule has 0 bridgehead atoms. The molecule has 0 N–H and O–H groups in total. The normalized spacial score (nSPS) is 10.1. The number of halogens is 2. The molecule has 0 saturated carbocycles. The Morgan fingerprint density at radius 2 is 2.23 bits per heavy atom. The number of alkyl halides is 1. The molecule has 0 aliphatic carbocycles. The summed E-state index contributed by atoms with van der Waals surface area (Å²) in [6, 6.07) is 5.41. The van der Waals surface area contributed by atoms with Gasteiger partial charge < -0.3 is 0 Å². The monoisotopic (exact) mass is 278 g/mol. The minimum Gasteiger partial charge on any atom is -0.294 e. The van der Waals surface area contributed by atoms with Gasteiger partial charge >= 0.3 is 0 Å². The average molecular weight is 280 g/mol. The number of thiol groups is 1. The molecular formula is C9H8BrClOS. The molecule has 1 aromatic carbocycles. The second-order valence-corrected chi connectivity index (χ2v) is 4.18. The first kappa shape index (κ1) is 11.1. The molecule has 4 heteroatoms. The van der Waals surface area contributed by atoms with Crippen LogP contribution in [0, 0.1) is 0 Å². The first-order valence-corrected chi connectivity index (χ1v) is 5.51. The smallest absolute Gasteiger partial charge is 0.165 e. The zero-order valence-corrected chi connectivity index (χ0v) is 9.99. The lowest BCUT2D eigenvalue weighted by Crippen LogP contribution is -2.01. The number of carbonyl (C=O) groups excluding carboxylic acids is 1. The van der Waals surface area contributed by atoms with E-state index in [0.717, 1.165) is 4.47 Å². The van der Waals surface area contributed by atoms with Crippen LogP contribution < -0.4 is 0 Å². The second-order valence-electron chi connectivity index (χ2n) is 2.50. The van der Waals surface area contributed by atoms with Gasteiger partial charge in [-0.2, -0.15) is 0 Å². The number of carbonyl (C=O) groups is 1. The van der Waals surface area contributed by atoms with Gasteiger partial charge in [-0.1, -0.05) is 12.1 Å². The van der Waals surface area contributed by atoms with E-state index in [4.69, 9.17) is 11.6 Å². The molecule has 1 nitrogen and oxygen atoms in total. The number of hydrogen-bond donors (Lipinski definition) is 1. The lowest BCUT2D eigenvalue weighted by Gasteiger charge is -2.03. The Balaban J connectivity index is 3.01. The maximum absolute atomic E-state index is 11.5. The van der Waals surface area contributed by atoms with E-state index in [-0.39, 0.29) is 5.78 Å². The fourth-order valence-electron chi connectivity index (χ4n) is 0.961. The molecular weight excluding hydrogens is 272 g/mol. The molecule has 0 saturated heterocycles. The predicted octanol–water partition coefficient (Wildman–Crippen LogP) is 3.55. The predicted molar refractivity (Wildman–Crippen MR) is 61.1 cm³/mol. The first-order chi connectivity index (χ1) is 6.16. The Kier molecular flexibility index (Phi) is 4.29. The van der Waals surface area contributed by atoms with Crippen LogP contribution in [0.2, 0.25) is 0 Å². The lowest BCUT2D eigenvalue weighted by molar-refractivity contribution is 0.0986. The van der Waals surface area contributed by atoms with Crippen molar-refractivity contribution in [3.63, 3.8) is 0 Å². The molecule has 0 spiro atoms. The molecule has 0 unspecified atom stereocenters. The van der Waals surface area contributed by atoms with Gasteiger partial charge in [0.25, 0.3) is 0 Å². The van der Waals surface area contributed by atoms with E-state index < -0.39 is 0 Å². The van der Waals surface area contributed by atoms with E-state index in [0.29, 0.717) is 22.8 Å². The standard InChI is InChI=1S/C9H8BrClOS/c10-7-3-1-2-6(9(7)13)8(12)4-5-11/h1-3,13H,4-5H2. The van der Waals surface area contributed by atoms with Gasteiger partial charge in [-0.25, -0.2) is 0 Å². The summed E-state index contributed by atoms with van der Waals surface area (Å²) in [5.41, 5.74) is 0.623. The Morgan fingerprint density at radius 1 is 1.54 bits per heavy atom. The molecule has 1 aromatic rings. The third-order valence-corrected chi connectivity index (χ3v) is 3.25. The Bertz CT molecular complexity index is 327. The van der Waals surface area contributed by atoms with Crippen LogP contribution in [0.4, 0.5) is 0 Å². The Hall–Kier alpha value is 0.01000. The zero-order chi connectivity index (χ0) is 9.84. The number of Topliss-reactive ketones (excluding diaryl/α,β-unsaturated/α-hetero) is 1. The zero-order valence-electron chi connectivity index (χ0n) is 6.76. The fraction of sp³-hybridized carbons (Fsp3) is 0.222. The number of ketones is 1. The summed E-state index contributed by atoms with van der Waals surface area (Å²) in [7, 11) is 0. The molecule has 0 aliphatic rings. The van der Waals surface area contributed by atoms with E-state index in [1.807, 2.05) is 12.1 Å². The molecule has 0 radical (unpaired) electrons. The van der Waals surface area contributed by atoms with E-state index >= 15 is 0 Å². The molecule has 0 aromatic heterocycles. The summed E-state index contributed by atoms with van der Waals surface area (Å²) in [5.74, 6) is 0.375. The van der Waals surface area contributed by atoms with Crippen molar-refractivity contribution in [3.8, 4) is 0 Å². The van der Waals surface area contributed by atoms with Gasteiger partial charge in [-0.15, -0.1) is 24.2 Å². The van der Waals surface area contributed by atoms with Crippen LogP contribution in [-0.2, 0) is 0 Å². The van der Waals surface area contributed by atoms with Gasteiger partial charge in [0.05, 0.1) is 0 Å². The van der Waals surface area contributed by atoms with Gasteiger partial charge in [-0.05, 0) is 22.0 Å². The summed E-state index contributed by atoms with van der Waals surface area (Å²) in [6.07, 6.45) is 0.353. The Morgan fingerprint density at radius 3 is 2.85 bits per heavy atom. The third-order valence-electron chi connectivity index (χ3n) is 1.61. The Labute approximate surface area is 96.0 Å². The second kappa shape index (κ2) is 5.03. The van der Waals surface area contributed by atoms with Crippen molar-refractivity contribution in [2.24, 2.45) is 0 Å². The van der Waals surface area contributed by atoms with Crippen LogP contribution in [0.15, 0.2) is 27.6 Å². The third kappa shape index (κ3) is 2.73. The quantitative estimate of drug-likeness (QED) is 0.509. The van der Waals surface area contributed by atoms with E-state index in [2.05, 4.69) is 28.6 Å². The highest BCUT2D eigenvalue weighted by atomic mass is 79.9. The van der Waals surface area contributed by atoms with Crippen molar-refractivity contribution in [1.29, 1.82) is 0 Å². The molecule has 0 atom stereocenters. The van der Waals surface area contributed by atoms with Crippen LogP contribution in [0.3, 0.4) is 0 Å². The number of benzene rings is 1. The van der Waals surface area contributed by atoms with Gasteiger partial charge in [0, 0.05) is 27.2 Å². The van der Waals surface area contributed by atoms with Crippen LogP contribution in [-0.4, -0.2) is 11.7 Å². The molecule has 0 heterocycles. The minimum atomic E-state index is 0.0290. The summed E-state index contributed by atoms with van der Waals surface area (Å²) in [4.78, 5) is 12.1. The van der Waals surface area contributed by atoms with Gasteiger partial charge in [0.15, 0.2) is 5.78 Å². The molecule has 13 heavy (non-hydrogen) atoms. The SMILES string of the molecule is O=C(CCCl)c1cccc(Br)c1S. The number of hydrogen-bond acceptors (Lipinski definition) is 2. The summed E-state index contributed by atoms with van der Waals surface area (Å²) in [6.45, 7) is 0. The molecule has 0 amide bonds. The van der Waals surface area contributed by atoms with Gasteiger partial charge in [0.1, 0.15) is 0 Å². The maximum atomic E-state index is 11.5. The summed E-state index contributed by atoms with van der Waals surface area (Å²) < 4.78 is 0.830. The van der Waals surface area contributed by atoms with Crippen LogP contribution in [0.5, 0.6) is 0 Å². The maximum Gasteiger partial charge on any atom is 0.165 e. The average Bonchev–Trinajstić information content (AvgIpc) is 2.10. The van der Waals surface area contributed by atoms with Crippen molar-refractivity contribution in [2.75, 3.05) is 5.88 Å². The summed E-state index contributed by atoms with van der Waals surface area (Å²) in [5, 5.41) is 0. The van der Waals surface area contributed by atoms with Crippen molar-refractivity contribution < 1.29 is 4.79 Å². The summed E-state index contributed by atoms with van der Waals surface area (Å²) >= 11 is 13.0. The van der Waals surface area contributed by atoms with Crippen molar-refractivity contribution in [3.05, 3.63) is 28.2 Å². The fourth-order valence-corrected chi connectivity index (χ4v) is 1.77. The molecule has 0 fully saturated rings. The largest absolute Gasteiger partial charge is 0.294 e. The van der Waals surface area contributed by atoms with E-state index in [1.165, 1.54) is 0 Å². The van der Waals surface area contributed by atoms with E-state index in [1.54, 1.807) is 6.07 Å². The highest BCUT2D eigenvalue weighted by Crippen LogP contribution is 2.25. The van der Waals surface area contributed by atoms with Gasteiger partial charge in [-0.3, -0.25) is 4.79 Å². The van der Waals surface area contributed by atoms with Crippen molar-refractivity contribution in [1.82, 2.24) is 0 Å². The number of rotatable bonds is 3.